The molecular weight excluding hydrogens is 402 g/mol. The summed E-state index contributed by atoms with van der Waals surface area (Å²) in [4.78, 5) is 21.4. The Bertz CT molecular complexity index is 1400. The van der Waals surface area contributed by atoms with Gasteiger partial charge in [-0.2, -0.15) is 0 Å². The lowest BCUT2D eigenvalue weighted by Crippen LogP contribution is -2.17. The smallest absolute Gasteiger partial charge is 0.278 e. The van der Waals surface area contributed by atoms with Crippen molar-refractivity contribution in [2.24, 2.45) is 0 Å². The van der Waals surface area contributed by atoms with Gasteiger partial charge in [0.05, 0.1) is 11.4 Å². The van der Waals surface area contributed by atoms with Gasteiger partial charge in [-0.25, -0.2) is 4.98 Å². The zero-order chi connectivity index (χ0) is 22.1. The number of hydrogen-bond acceptors (Lipinski definition) is 4. The van der Waals surface area contributed by atoms with Gasteiger partial charge in [-0.3, -0.25) is 9.36 Å². The van der Waals surface area contributed by atoms with E-state index in [2.05, 4.69) is 9.97 Å². The molecule has 0 unspecified atom stereocenters. The van der Waals surface area contributed by atoms with Crippen LogP contribution in [0.15, 0.2) is 89.9 Å². The van der Waals surface area contributed by atoms with Crippen LogP contribution in [0.5, 0.6) is 11.5 Å². The largest absolute Gasteiger partial charge is 0.508 e. The van der Waals surface area contributed by atoms with E-state index in [0.29, 0.717) is 24.4 Å². The Balaban J connectivity index is 1.64. The van der Waals surface area contributed by atoms with E-state index in [1.54, 1.807) is 53.2 Å². The summed E-state index contributed by atoms with van der Waals surface area (Å²) in [6.45, 7) is 0. The van der Waals surface area contributed by atoms with Crippen LogP contribution in [-0.2, 0) is 12.8 Å². The molecule has 158 valence electrons. The first-order valence-electron chi connectivity index (χ1n) is 10.3. The molecule has 3 N–H and O–H groups in total. The number of nitrogens with one attached hydrogen (secondary N) is 1. The number of imidazole rings is 1. The van der Waals surface area contributed by atoms with Gasteiger partial charge in [0.1, 0.15) is 17.2 Å². The summed E-state index contributed by atoms with van der Waals surface area (Å²) >= 11 is 0. The lowest BCUT2D eigenvalue weighted by molar-refractivity contribution is 0.474. The van der Waals surface area contributed by atoms with Crippen molar-refractivity contribution in [1.29, 1.82) is 0 Å². The van der Waals surface area contributed by atoms with Gasteiger partial charge in [0.15, 0.2) is 5.82 Å². The Morgan fingerprint density at radius 3 is 2.31 bits per heavy atom. The molecule has 2 aliphatic rings. The number of phenols is 2. The van der Waals surface area contributed by atoms with Crippen LogP contribution in [0.3, 0.4) is 0 Å². The van der Waals surface area contributed by atoms with Crippen molar-refractivity contribution in [2.45, 2.75) is 12.8 Å². The molecule has 0 radical (unpaired) electrons. The van der Waals surface area contributed by atoms with Crippen molar-refractivity contribution in [3.63, 3.8) is 0 Å². The minimum atomic E-state index is -0.188. The maximum atomic E-state index is 13.2. The highest BCUT2D eigenvalue weighted by Crippen LogP contribution is 2.25. The van der Waals surface area contributed by atoms with E-state index in [-0.39, 0.29) is 17.1 Å². The third kappa shape index (κ3) is 3.86. The molecule has 2 heterocycles. The maximum absolute atomic E-state index is 13.2. The standard InChI is InChI=1S/C26H21N3O3/c30-20-11-9-19(10-12-20)24-16-29-25(22(27-24)14-17-5-2-1-3-6-17)28-23(26(29)32)15-18-7-4-8-21(31)13-18/h1-13,16,27,30-31H,14-15H2. The predicted octanol–water partition coefficient (Wildman–Crippen LogP) is 4.26. The van der Waals surface area contributed by atoms with E-state index < -0.39 is 0 Å². The van der Waals surface area contributed by atoms with Crippen LogP contribution in [0.2, 0.25) is 0 Å². The van der Waals surface area contributed by atoms with Crippen LogP contribution in [-0.4, -0.2) is 24.7 Å². The highest BCUT2D eigenvalue weighted by molar-refractivity contribution is 5.61. The van der Waals surface area contributed by atoms with Crippen molar-refractivity contribution in [2.75, 3.05) is 0 Å². The number of aromatic nitrogens is 3. The van der Waals surface area contributed by atoms with Gasteiger partial charge in [0.25, 0.3) is 5.56 Å². The summed E-state index contributed by atoms with van der Waals surface area (Å²) in [5.41, 5.74) is 4.56. The summed E-state index contributed by atoms with van der Waals surface area (Å²) in [5, 5.41) is 19.4. The van der Waals surface area contributed by atoms with E-state index in [1.807, 2.05) is 36.4 Å². The van der Waals surface area contributed by atoms with E-state index in [1.165, 1.54) is 0 Å². The molecule has 0 spiro atoms. The van der Waals surface area contributed by atoms with Crippen molar-refractivity contribution in [3.8, 4) is 28.6 Å². The molecule has 3 aromatic carbocycles. The Morgan fingerprint density at radius 1 is 0.812 bits per heavy atom. The monoisotopic (exact) mass is 423 g/mol. The molecule has 6 nitrogen and oxygen atoms in total. The Labute approximate surface area is 184 Å². The molecule has 6 heteroatoms. The SMILES string of the molecule is O=c1c(Cc2cccc(O)c2)nc2c(Cc3ccccc3)[nH]c(-c3ccc(O)cc3)cn1-2. The van der Waals surface area contributed by atoms with Gasteiger partial charge < -0.3 is 15.2 Å². The Hall–Kier alpha value is -4.32. The van der Waals surface area contributed by atoms with E-state index in [0.717, 1.165) is 28.1 Å². The molecule has 0 amide bonds. The Kier molecular flexibility index (Phi) is 4.95. The van der Waals surface area contributed by atoms with Crippen LogP contribution in [0.25, 0.3) is 17.1 Å². The lowest BCUT2D eigenvalue weighted by atomic mass is 10.1. The summed E-state index contributed by atoms with van der Waals surface area (Å²) < 4.78 is 1.58. The number of aromatic hydroxyl groups is 2. The third-order valence-electron chi connectivity index (χ3n) is 5.43. The van der Waals surface area contributed by atoms with Crippen molar-refractivity contribution >= 4 is 0 Å². The first-order chi connectivity index (χ1) is 15.6. The molecule has 0 atom stereocenters. The minimum absolute atomic E-state index is 0.159. The van der Waals surface area contributed by atoms with Gasteiger partial charge in [-0.1, -0.05) is 42.5 Å². The fourth-order valence-corrected chi connectivity index (χ4v) is 3.86. The lowest BCUT2D eigenvalue weighted by Gasteiger charge is -2.13. The van der Waals surface area contributed by atoms with Crippen LogP contribution >= 0.6 is 0 Å². The van der Waals surface area contributed by atoms with Crippen molar-refractivity contribution < 1.29 is 10.2 Å². The van der Waals surface area contributed by atoms with E-state index >= 15 is 0 Å². The zero-order valence-corrected chi connectivity index (χ0v) is 17.2. The molecule has 0 bridgehead atoms. The average Bonchev–Trinajstić information content (AvgIpc) is 3.11. The van der Waals surface area contributed by atoms with Crippen molar-refractivity contribution in [3.05, 3.63) is 118 Å². The summed E-state index contributed by atoms with van der Waals surface area (Å²) in [6, 6.07) is 23.7. The molecular formula is C26H21N3O3. The van der Waals surface area contributed by atoms with Crippen LogP contribution in [0.4, 0.5) is 0 Å². The fourth-order valence-electron chi connectivity index (χ4n) is 3.86. The first kappa shape index (κ1) is 19.6. The summed E-state index contributed by atoms with van der Waals surface area (Å²) in [7, 11) is 0. The third-order valence-corrected chi connectivity index (χ3v) is 5.43. The Morgan fingerprint density at radius 2 is 1.56 bits per heavy atom. The zero-order valence-electron chi connectivity index (χ0n) is 17.2. The maximum Gasteiger partial charge on any atom is 0.278 e. The van der Waals surface area contributed by atoms with Gasteiger partial charge in [0.2, 0.25) is 0 Å². The second-order valence-corrected chi connectivity index (χ2v) is 7.76. The summed E-state index contributed by atoms with van der Waals surface area (Å²) in [6.07, 6.45) is 2.66. The van der Waals surface area contributed by atoms with Crippen molar-refractivity contribution in [1.82, 2.24) is 14.5 Å². The molecule has 0 fully saturated rings. The molecule has 3 aromatic rings. The quantitative estimate of drug-likeness (QED) is 0.394. The number of benzene rings is 3. The molecule has 0 aromatic heterocycles. The fraction of sp³-hybridized carbons (Fsp3) is 0.0769. The number of rotatable bonds is 5. The number of H-pyrrole nitrogens is 1. The van der Waals surface area contributed by atoms with Crippen LogP contribution in [0.1, 0.15) is 22.5 Å². The molecule has 0 saturated heterocycles. The first-order valence-corrected chi connectivity index (χ1v) is 10.3. The minimum Gasteiger partial charge on any atom is -0.508 e. The molecule has 0 aliphatic carbocycles. The topological polar surface area (TPSA) is 91.1 Å². The molecule has 32 heavy (non-hydrogen) atoms. The van der Waals surface area contributed by atoms with Gasteiger partial charge in [-0.15, -0.1) is 0 Å². The number of hydrogen-bond donors (Lipinski definition) is 3. The molecule has 0 saturated carbocycles. The van der Waals surface area contributed by atoms with Crippen LogP contribution < -0.4 is 5.56 Å². The second kappa shape index (κ2) is 8.07. The second-order valence-electron chi connectivity index (χ2n) is 7.76. The normalized spacial score (nSPS) is 11.1. The highest BCUT2D eigenvalue weighted by Gasteiger charge is 2.20. The van der Waals surface area contributed by atoms with Gasteiger partial charge in [-0.05, 0) is 53.1 Å². The van der Waals surface area contributed by atoms with E-state index in [9.17, 15) is 15.0 Å². The number of phenolic OH excluding ortho intramolecular Hbond substituents is 2. The molecule has 5 rings (SSSR count). The molecule has 2 aliphatic heterocycles. The number of aromatic amines is 1. The van der Waals surface area contributed by atoms with Crippen LogP contribution in [0, 0.1) is 0 Å². The van der Waals surface area contributed by atoms with E-state index in [4.69, 9.17) is 0 Å². The summed E-state index contributed by atoms with van der Waals surface area (Å²) in [5.74, 6) is 0.919. The predicted molar refractivity (Wildman–Crippen MR) is 123 cm³/mol. The highest BCUT2D eigenvalue weighted by atomic mass is 16.3. The average molecular weight is 423 g/mol. The van der Waals surface area contributed by atoms with Gasteiger partial charge in [0, 0.05) is 19.0 Å². The number of fused-ring (bicyclic) bond motifs is 1. The number of nitrogens with zero attached hydrogens (tertiary/aromatic N) is 2. The van der Waals surface area contributed by atoms with Gasteiger partial charge >= 0.3 is 0 Å².